The highest BCUT2D eigenvalue weighted by molar-refractivity contribution is 7.51. The van der Waals surface area contributed by atoms with Crippen molar-refractivity contribution in [3.8, 4) is 0 Å². The summed E-state index contributed by atoms with van der Waals surface area (Å²) < 4.78 is 15.5. The molecule has 4 nitrogen and oxygen atoms in total. The van der Waals surface area contributed by atoms with Crippen molar-refractivity contribution >= 4 is 7.60 Å². The minimum atomic E-state index is -4.02. The largest absolute Gasteiger partial charge is 0.369 e. The molecule has 23 heavy (non-hydrogen) atoms. The highest BCUT2D eigenvalue weighted by Gasteiger charge is 2.11. The van der Waals surface area contributed by atoms with E-state index in [4.69, 9.17) is 14.5 Å². The highest BCUT2D eigenvalue weighted by Crippen LogP contribution is 2.33. The minimum absolute atomic E-state index is 0.387. The van der Waals surface area contributed by atoms with E-state index >= 15 is 0 Å². The molecule has 134 valence electrons. The number of ether oxygens (including phenoxy) is 1. The molecular formula is C18H33O4P. The third-order valence-corrected chi connectivity index (χ3v) is 3.89. The van der Waals surface area contributed by atoms with Gasteiger partial charge in [-0.15, -0.1) is 0 Å². The second kappa shape index (κ2) is 12.7. The van der Waals surface area contributed by atoms with Crippen LogP contribution in [0.4, 0.5) is 0 Å². The lowest BCUT2D eigenvalue weighted by atomic mass is 10.1. The molecule has 0 aromatic heterocycles. The molecular weight excluding hydrogens is 311 g/mol. The Hall–Kier alpha value is -0.670. The number of hydrogen-bond acceptors (Lipinski definition) is 2. The van der Waals surface area contributed by atoms with E-state index in [0.29, 0.717) is 6.61 Å². The fraction of sp³-hybridized carbons (Fsp3) is 0.667. The van der Waals surface area contributed by atoms with E-state index in [0.717, 1.165) is 38.5 Å². The fourth-order valence-corrected chi connectivity index (χ4v) is 2.42. The molecule has 0 aromatic rings. The average Bonchev–Trinajstić information content (AvgIpc) is 2.41. The Morgan fingerprint density at radius 1 is 0.913 bits per heavy atom. The van der Waals surface area contributed by atoms with Crippen LogP contribution in [0, 0.1) is 0 Å². The van der Waals surface area contributed by atoms with Crippen LogP contribution in [-0.4, -0.2) is 22.7 Å². The first-order valence-corrected chi connectivity index (χ1v) is 10.1. The van der Waals surface area contributed by atoms with Gasteiger partial charge in [0.05, 0.1) is 0 Å². The van der Waals surface area contributed by atoms with Crippen molar-refractivity contribution in [3.05, 3.63) is 34.9 Å². The summed E-state index contributed by atoms with van der Waals surface area (Å²) >= 11 is 0. The summed E-state index contributed by atoms with van der Waals surface area (Å²) in [6, 6.07) is 0. The second-order valence-electron chi connectivity index (χ2n) is 6.30. The van der Waals surface area contributed by atoms with Crippen molar-refractivity contribution < 1.29 is 19.1 Å². The maximum Gasteiger partial charge on any atom is 0.350 e. The van der Waals surface area contributed by atoms with Gasteiger partial charge in [0.1, 0.15) is 6.35 Å². The van der Waals surface area contributed by atoms with Crippen LogP contribution in [0.15, 0.2) is 34.9 Å². The second-order valence-corrected chi connectivity index (χ2v) is 7.89. The molecule has 0 saturated carbocycles. The third kappa shape index (κ3) is 17.5. The van der Waals surface area contributed by atoms with Crippen LogP contribution in [0.2, 0.25) is 0 Å². The smallest absolute Gasteiger partial charge is 0.350 e. The molecule has 0 saturated heterocycles. The summed E-state index contributed by atoms with van der Waals surface area (Å²) in [7, 11) is -4.02. The predicted octanol–water partition coefficient (Wildman–Crippen LogP) is 5.34. The predicted molar refractivity (Wildman–Crippen MR) is 97.5 cm³/mol. The van der Waals surface area contributed by atoms with Gasteiger partial charge in [-0.05, 0) is 66.2 Å². The van der Waals surface area contributed by atoms with Crippen molar-refractivity contribution in [2.45, 2.75) is 66.2 Å². The molecule has 0 radical (unpaired) electrons. The van der Waals surface area contributed by atoms with E-state index in [-0.39, 0.29) is 0 Å². The van der Waals surface area contributed by atoms with Crippen LogP contribution in [-0.2, 0) is 9.30 Å². The molecule has 0 spiro atoms. The van der Waals surface area contributed by atoms with Crippen molar-refractivity contribution in [3.63, 3.8) is 0 Å². The SMILES string of the molecule is CC(C)=CCC/C(C)=C/CC/C(C)=C/CCCOCP(=O)(O)O. The van der Waals surface area contributed by atoms with Gasteiger partial charge in [0.15, 0.2) is 0 Å². The van der Waals surface area contributed by atoms with Gasteiger partial charge < -0.3 is 14.5 Å². The normalized spacial score (nSPS) is 13.3. The van der Waals surface area contributed by atoms with E-state index < -0.39 is 13.9 Å². The van der Waals surface area contributed by atoms with E-state index in [1.54, 1.807) is 0 Å². The van der Waals surface area contributed by atoms with Gasteiger partial charge in [-0.25, -0.2) is 0 Å². The van der Waals surface area contributed by atoms with Crippen LogP contribution in [0.5, 0.6) is 0 Å². The Labute approximate surface area is 141 Å². The molecule has 0 amide bonds. The Kier molecular flexibility index (Phi) is 12.3. The maximum atomic E-state index is 10.6. The molecule has 0 bridgehead atoms. The molecule has 0 rings (SSSR count). The minimum Gasteiger partial charge on any atom is -0.369 e. The lowest BCUT2D eigenvalue weighted by molar-refractivity contribution is 0.155. The summed E-state index contributed by atoms with van der Waals surface area (Å²) in [5.41, 5.74) is 4.18. The Balaban J connectivity index is 3.77. The third-order valence-electron chi connectivity index (χ3n) is 3.37. The lowest BCUT2D eigenvalue weighted by Crippen LogP contribution is -1.97. The molecule has 0 aromatic carbocycles. The van der Waals surface area contributed by atoms with Gasteiger partial charge in [-0.2, -0.15) is 0 Å². The number of unbranched alkanes of at least 4 members (excludes halogenated alkanes) is 1. The standard InChI is InChI=1S/C18H33O4P/c1-16(2)9-7-11-18(4)13-8-12-17(3)10-5-6-14-22-15-23(19,20)21/h9-10,13H,5-8,11-12,14-15H2,1-4H3,(H2,19,20,21)/b17-10+,18-13+. The van der Waals surface area contributed by atoms with E-state index in [2.05, 4.69) is 45.9 Å². The summed E-state index contributed by atoms with van der Waals surface area (Å²) in [6.07, 6.45) is 12.3. The summed E-state index contributed by atoms with van der Waals surface area (Å²) in [6.45, 7) is 8.96. The molecule has 0 unspecified atom stereocenters. The monoisotopic (exact) mass is 344 g/mol. The van der Waals surface area contributed by atoms with E-state index in [1.165, 1.54) is 16.7 Å². The van der Waals surface area contributed by atoms with Crippen molar-refractivity contribution in [2.24, 2.45) is 0 Å². The highest BCUT2D eigenvalue weighted by atomic mass is 31.2. The van der Waals surface area contributed by atoms with Gasteiger partial charge in [-0.3, -0.25) is 4.57 Å². The number of allylic oxidation sites excluding steroid dienone is 6. The molecule has 0 atom stereocenters. The zero-order chi connectivity index (χ0) is 17.7. The maximum absolute atomic E-state index is 10.6. The van der Waals surface area contributed by atoms with Crippen LogP contribution >= 0.6 is 7.60 Å². The van der Waals surface area contributed by atoms with Gasteiger partial charge in [0, 0.05) is 6.61 Å². The van der Waals surface area contributed by atoms with Gasteiger partial charge in [0.2, 0.25) is 0 Å². The van der Waals surface area contributed by atoms with E-state index in [9.17, 15) is 4.57 Å². The van der Waals surface area contributed by atoms with Crippen LogP contribution in [0.25, 0.3) is 0 Å². The quantitative estimate of drug-likeness (QED) is 0.285. The fourth-order valence-electron chi connectivity index (χ4n) is 2.06. The van der Waals surface area contributed by atoms with Crippen molar-refractivity contribution in [2.75, 3.05) is 13.0 Å². The van der Waals surface area contributed by atoms with E-state index in [1.807, 2.05) is 0 Å². The Morgan fingerprint density at radius 3 is 1.96 bits per heavy atom. The summed E-state index contributed by atoms with van der Waals surface area (Å²) in [5, 5.41) is 0. The first-order valence-electron chi connectivity index (χ1n) is 8.27. The Morgan fingerprint density at radius 2 is 1.43 bits per heavy atom. The molecule has 5 heteroatoms. The van der Waals surface area contributed by atoms with Crippen molar-refractivity contribution in [1.29, 1.82) is 0 Å². The topological polar surface area (TPSA) is 66.8 Å². The van der Waals surface area contributed by atoms with Crippen LogP contribution < -0.4 is 0 Å². The number of hydrogen-bond donors (Lipinski definition) is 2. The summed E-state index contributed by atoms with van der Waals surface area (Å²) in [4.78, 5) is 17.3. The van der Waals surface area contributed by atoms with Crippen LogP contribution in [0.1, 0.15) is 66.2 Å². The molecule has 0 heterocycles. The van der Waals surface area contributed by atoms with Crippen LogP contribution in [0.3, 0.4) is 0 Å². The number of rotatable bonds is 12. The Bertz CT molecular complexity index is 454. The molecule has 0 aliphatic rings. The first-order chi connectivity index (χ1) is 10.7. The first kappa shape index (κ1) is 22.3. The molecule has 0 aliphatic heterocycles. The zero-order valence-electron chi connectivity index (χ0n) is 15.0. The van der Waals surface area contributed by atoms with Gasteiger partial charge >= 0.3 is 7.60 Å². The molecule has 2 N–H and O–H groups in total. The lowest BCUT2D eigenvalue weighted by Gasteiger charge is -2.05. The van der Waals surface area contributed by atoms with Gasteiger partial charge in [-0.1, -0.05) is 34.9 Å². The molecule has 0 fully saturated rings. The zero-order valence-corrected chi connectivity index (χ0v) is 15.9. The molecule has 0 aliphatic carbocycles. The van der Waals surface area contributed by atoms with Crippen molar-refractivity contribution in [1.82, 2.24) is 0 Å². The summed E-state index contributed by atoms with van der Waals surface area (Å²) in [5.74, 6) is 0. The average molecular weight is 344 g/mol. The van der Waals surface area contributed by atoms with Gasteiger partial charge in [0.25, 0.3) is 0 Å².